The van der Waals surface area contributed by atoms with Crippen LogP contribution in [0.4, 0.5) is 13.2 Å². The summed E-state index contributed by atoms with van der Waals surface area (Å²) in [6.07, 6.45) is -3.48. The van der Waals surface area contributed by atoms with Gasteiger partial charge in [-0.05, 0) is 60.6 Å². The van der Waals surface area contributed by atoms with Gasteiger partial charge in [0, 0.05) is 49.5 Å². The number of hydrogen-bond acceptors (Lipinski definition) is 4. The molecule has 2 aliphatic rings. The molecule has 2 aromatic rings. The number of piperidine rings is 1. The zero-order valence-corrected chi connectivity index (χ0v) is 21.6. The SMILES string of the molecule is Cc1ccc(C(=O)NCCC(O)CN2CC3CC3(c3cccc(C(F)(F)F)c3)C2)cc1CC(=O)C(C)C. The number of carbonyl (C=O) groups is 2. The van der Waals surface area contributed by atoms with Crippen molar-refractivity contribution in [3.8, 4) is 0 Å². The molecule has 1 amide bonds. The fourth-order valence-corrected chi connectivity index (χ4v) is 5.42. The number of hydrogen-bond donors (Lipinski definition) is 2. The molecule has 1 aliphatic carbocycles. The highest BCUT2D eigenvalue weighted by molar-refractivity contribution is 5.95. The molecule has 1 aliphatic heterocycles. The summed E-state index contributed by atoms with van der Waals surface area (Å²) in [7, 11) is 0. The predicted octanol–water partition coefficient (Wildman–Crippen LogP) is 4.54. The lowest BCUT2D eigenvalue weighted by Gasteiger charge is -2.24. The van der Waals surface area contributed by atoms with Crippen LogP contribution in [0.5, 0.6) is 0 Å². The molecular weight excluding hydrogens is 481 g/mol. The number of alkyl halides is 3. The molecule has 2 aromatic carbocycles. The van der Waals surface area contributed by atoms with Crippen molar-refractivity contribution in [2.45, 2.75) is 57.7 Å². The van der Waals surface area contributed by atoms with Crippen LogP contribution in [-0.4, -0.2) is 54.0 Å². The van der Waals surface area contributed by atoms with E-state index in [0.29, 0.717) is 44.0 Å². The fourth-order valence-electron chi connectivity index (χ4n) is 5.42. The van der Waals surface area contributed by atoms with Gasteiger partial charge in [0.2, 0.25) is 0 Å². The summed E-state index contributed by atoms with van der Waals surface area (Å²) in [4.78, 5) is 26.9. The number of ketones is 1. The van der Waals surface area contributed by atoms with Crippen LogP contribution in [0.1, 0.15) is 59.3 Å². The average molecular weight is 517 g/mol. The maximum absolute atomic E-state index is 13.2. The highest BCUT2D eigenvalue weighted by Gasteiger charge is 2.60. The summed E-state index contributed by atoms with van der Waals surface area (Å²) in [6, 6.07) is 10.9. The van der Waals surface area contributed by atoms with Crippen molar-refractivity contribution in [2.24, 2.45) is 11.8 Å². The molecular formula is C29H35F3N2O3. The lowest BCUT2D eigenvalue weighted by Crippen LogP contribution is -2.36. The maximum Gasteiger partial charge on any atom is 0.416 e. The molecule has 2 N–H and O–H groups in total. The molecule has 8 heteroatoms. The molecule has 0 bridgehead atoms. The van der Waals surface area contributed by atoms with Crippen LogP contribution in [0.3, 0.4) is 0 Å². The molecule has 1 saturated heterocycles. The number of nitrogens with one attached hydrogen (secondary N) is 1. The minimum atomic E-state index is -4.36. The number of aliphatic hydroxyl groups is 1. The Bertz CT molecular complexity index is 1160. The van der Waals surface area contributed by atoms with Crippen LogP contribution in [0.25, 0.3) is 0 Å². The first kappa shape index (κ1) is 27.3. The third-order valence-corrected chi connectivity index (χ3v) is 7.83. The summed E-state index contributed by atoms with van der Waals surface area (Å²) in [6.45, 7) is 7.72. The molecule has 4 rings (SSSR count). The first-order valence-corrected chi connectivity index (χ1v) is 12.9. The van der Waals surface area contributed by atoms with Gasteiger partial charge in [-0.1, -0.05) is 38.1 Å². The number of halogens is 3. The predicted molar refractivity (Wildman–Crippen MR) is 135 cm³/mol. The number of β-amino-alcohol motifs (C(OH)–C–C–N with tert-alkyl or cyclic N) is 1. The molecule has 5 nitrogen and oxygen atoms in total. The number of carbonyl (C=O) groups excluding carboxylic acids is 2. The van der Waals surface area contributed by atoms with Gasteiger partial charge < -0.3 is 10.4 Å². The number of rotatable bonds is 10. The second-order valence-corrected chi connectivity index (χ2v) is 11.0. The summed E-state index contributed by atoms with van der Waals surface area (Å²) in [5, 5.41) is 13.4. The van der Waals surface area contributed by atoms with Crippen LogP contribution in [0, 0.1) is 18.8 Å². The minimum absolute atomic E-state index is 0.0696. The molecule has 200 valence electrons. The van der Waals surface area contributed by atoms with Crippen LogP contribution < -0.4 is 5.32 Å². The summed E-state index contributed by atoms with van der Waals surface area (Å²) in [5.41, 5.74) is 2.14. The second-order valence-electron chi connectivity index (χ2n) is 11.0. The lowest BCUT2D eigenvalue weighted by atomic mass is 9.93. The van der Waals surface area contributed by atoms with Crippen LogP contribution in [-0.2, 0) is 22.8 Å². The van der Waals surface area contributed by atoms with Crippen molar-refractivity contribution in [1.82, 2.24) is 10.2 Å². The van der Waals surface area contributed by atoms with Crippen molar-refractivity contribution < 1.29 is 27.9 Å². The smallest absolute Gasteiger partial charge is 0.392 e. The topological polar surface area (TPSA) is 69.6 Å². The van der Waals surface area contributed by atoms with Gasteiger partial charge in [-0.15, -0.1) is 0 Å². The quantitative estimate of drug-likeness (QED) is 0.487. The Hall–Kier alpha value is -2.71. The molecule has 37 heavy (non-hydrogen) atoms. The van der Waals surface area contributed by atoms with Gasteiger partial charge in [-0.3, -0.25) is 14.5 Å². The van der Waals surface area contributed by atoms with E-state index in [1.165, 1.54) is 12.1 Å². The van der Waals surface area contributed by atoms with E-state index in [2.05, 4.69) is 10.2 Å². The molecule has 1 saturated carbocycles. The Morgan fingerprint density at radius 2 is 1.95 bits per heavy atom. The van der Waals surface area contributed by atoms with Gasteiger partial charge in [0.1, 0.15) is 5.78 Å². The van der Waals surface area contributed by atoms with Crippen molar-refractivity contribution in [2.75, 3.05) is 26.2 Å². The molecule has 3 unspecified atom stereocenters. The summed E-state index contributed by atoms with van der Waals surface area (Å²) < 4.78 is 39.5. The largest absolute Gasteiger partial charge is 0.416 e. The number of fused-ring (bicyclic) bond motifs is 1. The van der Waals surface area contributed by atoms with E-state index >= 15 is 0 Å². The maximum atomic E-state index is 13.2. The molecule has 0 spiro atoms. The van der Waals surface area contributed by atoms with E-state index in [4.69, 9.17) is 0 Å². The van der Waals surface area contributed by atoms with Gasteiger partial charge in [0.25, 0.3) is 5.91 Å². The summed E-state index contributed by atoms with van der Waals surface area (Å²) >= 11 is 0. The number of aryl methyl sites for hydroxylation is 1. The van der Waals surface area contributed by atoms with Crippen LogP contribution in [0.2, 0.25) is 0 Å². The summed E-state index contributed by atoms with van der Waals surface area (Å²) in [5.74, 6) is 0.107. The van der Waals surface area contributed by atoms with E-state index in [0.717, 1.165) is 35.7 Å². The number of aliphatic hydroxyl groups excluding tert-OH is 1. The van der Waals surface area contributed by atoms with Crippen molar-refractivity contribution >= 4 is 11.7 Å². The molecule has 0 radical (unpaired) electrons. The van der Waals surface area contributed by atoms with Crippen molar-refractivity contribution in [1.29, 1.82) is 0 Å². The van der Waals surface area contributed by atoms with E-state index < -0.39 is 17.8 Å². The number of likely N-dealkylation sites (tertiary alicyclic amines) is 1. The third kappa shape index (κ3) is 6.24. The molecule has 2 fully saturated rings. The first-order valence-electron chi connectivity index (χ1n) is 12.9. The Labute approximate surface area is 216 Å². The monoisotopic (exact) mass is 516 g/mol. The van der Waals surface area contributed by atoms with E-state index in [1.54, 1.807) is 18.2 Å². The number of Topliss-reactive ketones (excluding diaryl/α,β-unsaturated/α-hetero) is 1. The molecule has 3 atom stereocenters. The lowest BCUT2D eigenvalue weighted by molar-refractivity contribution is -0.137. The normalized spacial score (nSPS) is 22.1. The Kier molecular flexibility index (Phi) is 7.81. The van der Waals surface area contributed by atoms with E-state index in [-0.39, 0.29) is 23.0 Å². The van der Waals surface area contributed by atoms with Gasteiger partial charge in [-0.2, -0.15) is 13.2 Å². The Morgan fingerprint density at radius 1 is 1.19 bits per heavy atom. The first-order chi connectivity index (χ1) is 17.4. The number of nitrogens with zero attached hydrogens (tertiary/aromatic N) is 1. The zero-order valence-electron chi connectivity index (χ0n) is 21.6. The van der Waals surface area contributed by atoms with Crippen molar-refractivity contribution in [3.63, 3.8) is 0 Å². The Balaban J connectivity index is 1.26. The highest BCUT2D eigenvalue weighted by Crippen LogP contribution is 2.59. The van der Waals surface area contributed by atoms with E-state index in [9.17, 15) is 27.9 Å². The van der Waals surface area contributed by atoms with Crippen LogP contribution >= 0.6 is 0 Å². The van der Waals surface area contributed by atoms with Crippen LogP contribution in [0.15, 0.2) is 42.5 Å². The van der Waals surface area contributed by atoms with Gasteiger partial charge in [0.05, 0.1) is 11.7 Å². The van der Waals surface area contributed by atoms with Gasteiger partial charge >= 0.3 is 6.18 Å². The standard InChI is InChI=1S/C29H35F3N2O3/c1-18(2)26(36)12-21-11-20(8-7-19(21)3)27(37)33-10-9-25(35)16-34-15-24-14-28(24,17-34)22-5-4-6-23(13-22)29(30,31)32/h4-8,11,13,18,24-25,35H,9-10,12,14-17H2,1-3H3,(H,33,37). The second kappa shape index (κ2) is 10.6. The third-order valence-electron chi connectivity index (χ3n) is 7.83. The molecule has 0 aromatic heterocycles. The Morgan fingerprint density at radius 3 is 2.65 bits per heavy atom. The van der Waals surface area contributed by atoms with E-state index in [1.807, 2.05) is 26.8 Å². The zero-order chi connectivity index (χ0) is 27.0. The van der Waals surface area contributed by atoms with Crippen molar-refractivity contribution in [3.05, 3.63) is 70.3 Å². The molecule has 1 heterocycles. The number of benzene rings is 2. The average Bonchev–Trinajstić information content (AvgIpc) is 3.41. The number of amides is 1. The minimum Gasteiger partial charge on any atom is -0.392 e. The fraction of sp³-hybridized carbons (Fsp3) is 0.517. The highest BCUT2D eigenvalue weighted by atomic mass is 19.4. The van der Waals surface area contributed by atoms with Gasteiger partial charge in [0.15, 0.2) is 0 Å². The van der Waals surface area contributed by atoms with Gasteiger partial charge in [-0.25, -0.2) is 0 Å².